The fourth-order valence-electron chi connectivity index (χ4n) is 4.83. The van der Waals surface area contributed by atoms with Crippen LogP contribution in [-0.2, 0) is 6.54 Å². The second kappa shape index (κ2) is 9.81. The molecule has 2 heterocycles. The maximum Gasteiger partial charge on any atom is 0.225 e. The summed E-state index contributed by atoms with van der Waals surface area (Å²) in [5, 5.41) is 19.2. The Bertz CT molecular complexity index is 1280. The minimum Gasteiger partial charge on any atom is -0.506 e. The molecule has 4 aromatic rings. The number of benzene rings is 2. The van der Waals surface area contributed by atoms with E-state index in [9.17, 15) is 5.11 Å². The van der Waals surface area contributed by atoms with Crippen LogP contribution in [-0.4, -0.2) is 46.7 Å². The third-order valence-electron chi connectivity index (χ3n) is 6.68. The summed E-state index contributed by atoms with van der Waals surface area (Å²) in [6.07, 6.45) is 4.57. The minimum atomic E-state index is 0.235. The van der Waals surface area contributed by atoms with E-state index in [-0.39, 0.29) is 5.75 Å². The van der Waals surface area contributed by atoms with E-state index in [0.717, 1.165) is 53.1 Å². The van der Waals surface area contributed by atoms with Crippen molar-refractivity contribution in [1.29, 1.82) is 0 Å². The lowest BCUT2D eigenvalue weighted by Gasteiger charge is -2.29. The number of aromatic hydroxyl groups is 1. The Morgan fingerprint density at radius 2 is 1.74 bits per heavy atom. The zero-order valence-corrected chi connectivity index (χ0v) is 19.8. The number of anilines is 2. The topological polar surface area (TPSA) is 86.2 Å². The minimum absolute atomic E-state index is 0.235. The average molecular weight is 457 g/mol. The zero-order valence-electron chi connectivity index (χ0n) is 19.8. The number of hydrogen-bond acceptors (Lipinski definition) is 7. The molecule has 0 bridgehead atoms. The van der Waals surface area contributed by atoms with Crippen LogP contribution >= 0.6 is 0 Å². The summed E-state index contributed by atoms with van der Waals surface area (Å²) in [5.41, 5.74) is 2.59. The number of nitrogens with zero attached hydrogens (tertiary/aromatic N) is 4. The molecule has 5 rings (SSSR count). The second-order valence-electron chi connectivity index (χ2n) is 9.43. The van der Waals surface area contributed by atoms with Gasteiger partial charge >= 0.3 is 0 Å². The number of para-hydroxylation sites is 2. The number of fused-ring (bicyclic) bond motifs is 2. The maximum absolute atomic E-state index is 10.0. The van der Waals surface area contributed by atoms with Gasteiger partial charge in [0.05, 0.1) is 11.2 Å². The van der Waals surface area contributed by atoms with Gasteiger partial charge in [-0.05, 0) is 62.4 Å². The van der Waals surface area contributed by atoms with Crippen molar-refractivity contribution in [2.24, 2.45) is 5.92 Å². The van der Waals surface area contributed by atoms with Crippen LogP contribution in [0.4, 0.5) is 11.8 Å². The van der Waals surface area contributed by atoms with Crippen molar-refractivity contribution >= 4 is 33.6 Å². The average Bonchev–Trinajstić information content (AvgIpc) is 2.85. The highest BCUT2D eigenvalue weighted by Crippen LogP contribution is 2.28. The van der Waals surface area contributed by atoms with Crippen LogP contribution in [0, 0.1) is 5.92 Å². The number of pyridine rings is 1. The van der Waals surface area contributed by atoms with Gasteiger partial charge in [0.25, 0.3) is 0 Å². The molecular formula is C27H32N6O. The fourth-order valence-corrected chi connectivity index (χ4v) is 4.83. The lowest BCUT2D eigenvalue weighted by Crippen LogP contribution is -2.31. The number of phenolic OH excluding ortho intramolecular Hbond substituents is 1. The van der Waals surface area contributed by atoms with Crippen LogP contribution in [0.3, 0.4) is 0 Å². The predicted octanol–water partition coefficient (Wildman–Crippen LogP) is 4.71. The Morgan fingerprint density at radius 1 is 0.912 bits per heavy atom. The molecule has 0 spiro atoms. The largest absolute Gasteiger partial charge is 0.506 e. The van der Waals surface area contributed by atoms with Gasteiger partial charge < -0.3 is 20.6 Å². The second-order valence-corrected chi connectivity index (χ2v) is 9.43. The molecule has 34 heavy (non-hydrogen) atoms. The van der Waals surface area contributed by atoms with E-state index in [0.29, 0.717) is 24.0 Å². The molecule has 0 aliphatic heterocycles. The van der Waals surface area contributed by atoms with Crippen molar-refractivity contribution in [2.75, 3.05) is 30.9 Å². The van der Waals surface area contributed by atoms with E-state index < -0.39 is 0 Å². The van der Waals surface area contributed by atoms with Crippen molar-refractivity contribution in [1.82, 2.24) is 20.3 Å². The van der Waals surface area contributed by atoms with Gasteiger partial charge in [-0.15, -0.1) is 0 Å². The monoisotopic (exact) mass is 456 g/mol. The molecule has 7 heteroatoms. The lowest BCUT2D eigenvalue weighted by atomic mass is 9.86. The molecule has 2 aromatic carbocycles. The Balaban J connectivity index is 1.13. The fraction of sp³-hybridized carbons (Fsp3) is 0.370. The molecule has 0 atom stereocenters. The van der Waals surface area contributed by atoms with Crippen LogP contribution in [0.25, 0.3) is 21.8 Å². The highest BCUT2D eigenvalue weighted by molar-refractivity contribution is 5.90. The number of nitrogens with one attached hydrogen (secondary N) is 2. The molecule has 0 unspecified atom stereocenters. The molecule has 0 saturated heterocycles. The Morgan fingerprint density at radius 3 is 2.56 bits per heavy atom. The number of hydrogen-bond donors (Lipinski definition) is 3. The highest BCUT2D eigenvalue weighted by Gasteiger charge is 2.22. The summed E-state index contributed by atoms with van der Waals surface area (Å²) in [5.74, 6) is 2.55. The first-order valence-corrected chi connectivity index (χ1v) is 12.1. The van der Waals surface area contributed by atoms with Gasteiger partial charge in [0.1, 0.15) is 17.1 Å². The molecule has 176 valence electrons. The van der Waals surface area contributed by atoms with E-state index in [1.54, 1.807) is 6.07 Å². The van der Waals surface area contributed by atoms with Crippen LogP contribution < -0.4 is 15.5 Å². The third-order valence-corrected chi connectivity index (χ3v) is 6.68. The molecule has 0 radical (unpaired) electrons. The van der Waals surface area contributed by atoms with Crippen molar-refractivity contribution in [2.45, 2.75) is 38.3 Å². The van der Waals surface area contributed by atoms with E-state index in [4.69, 9.17) is 9.97 Å². The molecule has 1 aliphatic rings. The molecule has 1 aliphatic carbocycles. The van der Waals surface area contributed by atoms with Gasteiger partial charge in [-0.2, -0.15) is 4.98 Å². The normalized spacial score (nSPS) is 18.3. The molecule has 1 saturated carbocycles. The number of phenols is 1. The van der Waals surface area contributed by atoms with Crippen LogP contribution in [0.2, 0.25) is 0 Å². The third kappa shape index (κ3) is 4.89. The molecule has 3 N–H and O–H groups in total. The zero-order chi connectivity index (χ0) is 23.5. The maximum atomic E-state index is 10.0. The van der Waals surface area contributed by atoms with Crippen LogP contribution in [0.1, 0.15) is 31.4 Å². The number of aromatic nitrogens is 3. The van der Waals surface area contributed by atoms with E-state index in [1.807, 2.05) is 61.5 Å². The van der Waals surface area contributed by atoms with Gasteiger partial charge in [-0.1, -0.05) is 30.3 Å². The van der Waals surface area contributed by atoms with Crippen molar-refractivity contribution in [3.63, 3.8) is 0 Å². The molecule has 0 amide bonds. The van der Waals surface area contributed by atoms with Crippen LogP contribution in [0.5, 0.6) is 5.75 Å². The summed E-state index contributed by atoms with van der Waals surface area (Å²) in [7, 11) is 4.04. The van der Waals surface area contributed by atoms with Gasteiger partial charge in [-0.3, -0.25) is 0 Å². The molecule has 2 aromatic heterocycles. The van der Waals surface area contributed by atoms with Crippen molar-refractivity contribution < 1.29 is 5.11 Å². The van der Waals surface area contributed by atoms with E-state index in [2.05, 4.69) is 21.7 Å². The van der Waals surface area contributed by atoms with Crippen LogP contribution in [0.15, 0.2) is 54.6 Å². The lowest BCUT2D eigenvalue weighted by molar-refractivity contribution is 0.323. The van der Waals surface area contributed by atoms with Gasteiger partial charge in [-0.25, -0.2) is 9.97 Å². The summed E-state index contributed by atoms with van der Waals surface area (Å²) in [6, 6.07) is 18.1. The summed E-state index contributed by atoms with van der Waals surface area (Å²) in [4.78, 5) is 16.2. The Labute approximate surface area is 200 Å². The van der Waals surface area contributed by atoms with Crippen molar-refractivity contribution in [3.05, 3.63) is 60.3 Å². The Hall–Kier alpha value is -3.45. The molecule has 7 nitrogen and oxygen atoms in total. The smallest absolute Gasteiger partial charge is 0.225 e. The van der Waals surface area contributed by atoms with Gasteiger partial charge in [0.2, 0.25) is 5.95 Å². The van der Waals surface area contributed by atoms with Crippen molar-refractivity contribution in [3.8, 4) is 5.75 Å². The first-order valence-electron chi connectivity index (χ1n) is 12.1. The first-order chi connectivity index (χ1) is 16.6. The summed E-state index contributed by atoms with van der Waals surface area (Å²) in [6.45, 7) is 1.69. The van der Waals surface area contributed by atoms with Gasteiger partial charge in [0.15, 0.2) is 0 Å². The SMILES string of the molecule is CN(C)c1nc(NC2CCC(CNCc3ccc4cccc(O)c4n3)CC2)nc2ccccc12. The van der Waals surface area contributed by atoms with Gasteiger partial charge in [0, 0.05) is 37.5 Å². The molecule has 1 fully saturated rings. The quantitative estimate of drug-likeness (QED) is 0.371. The standard InChI is InChI=1S/C27H32N6O/c1-33(2)26-22-7-3-4-8-23(22)31-27(32-26)30-20-13-10-18(11-14-20)16-28-17-21-15-12-19-6-5-9-24(34)25(19)29-21/h3-9,12,15,18,20,28,34H,10-11,13-14,16-17H2,1-2H3,(H,30,31,32). The predicted molar refractivity (Wildman–Crippen MR) is 138 cm³/mol. The Kier molecular flexibility index (Phi) is 6.45. The molecular weight excluding hydrogens is 424 g/mol. The first kappa shape index (κ1) is 22.3. The highest BCUT2D eigenvalue weighted by atomic mass is 16.3. The number of rotatable bonds is 7. The summed E-state index contributed by atoms with van der Waals surface area (Å²) < 4.78 is 0. The van der Waals surface area contributed by atoms with E-state index in [1.165, 1.54) is 12.8 Å². The summed E-state index contributed by atoms with van der Waals surface area (Å²) >= 11 is 0. The van der Waals surface area contributed by atoms with E-state index >= 15 is 0 Å².